The molecule has 2 heterocycles. The number of nitrogens with two attached hydrogens (primary N) is 1. The number of rotatable bonds is 4. The Balaban J connectivity index is 2.41. The van der Waals surface area contributed by atoms with E-state index in [1.807, 2.05) is 44.0 Å². The van der Waals surface area contributed by atoms with Crippen LogP contribution in [0.4, 0.5) is 5.69 Å². The molecular formula is C14H17ClN4OS. The molecule has 0 bridgehead atoms. The van der Waals surface area contributed by atoms with Crippen LogP contribution in [0.2, 0.25) is 4.34 Å². The van der Waals surface area contributed by atoms with Crippen LogP contribution in [0, 0.1) is 13.8 Å². The van der Waals surface area contributed by atoms with Gasteiger partial charge in [-0.05, 0) is 32.0 Å². The quantitative estimate of drug-likeness (QED) is 0.392. The molecular weight excluding hydrogens is 308 g/mol. The highest BCUT2D eigenvalue weighted by Gasteiger charge is 2.16. The molecule has 21 heavy (non-hydrogen) atoms. The first-order valence-corrected chi connectivity index (χ1v) is 7.53. The number of anilines is 1. The maximum atomic E-state index is 8.98. The van der Waals surface area contributed by atoms with Crippen LogP contribution in [0.1, 0.15) is 21.8 Å². The summed E-state index contributed by atoms with van der Waals surface area (Å²) in [6, 6.07) is 5.80. The van der Waals surface area contributed by atoms with Crippen molar-refractivity contribution < 1.29 is 5.21 Å². The van der Waals surface area contributed by atoms with Gasteiger partial charge in [-0.1, -0.05) is 16.8 Å². The Morgan fingerprint density at radius 3 is 2.76 bits per heavy atom. The first-order chi connectivity index (χ1) is 9.92. The molecule has 0 saturated carbocycles. The molecule has 2 aromatic heterocycles. The van der Waals surface area contributed by atoms with E-state index in [4.69, 9.17) is 22.5 Å². The standard InChI is InChI=1S/C14H17ClN4OS/c1-8-6-11(13(9(2)17-8)14(16)18-20)19(3)7-10-4-5-12(15)21-10/h4-6,20H,7H2,1-3H3,(H2,16,18). The van der Waals surface area contributed by atoms with E-state index in [1.54, 1.807) is 0 Å². The summed E-state index contributed by atoms with van der Waals surface area (Å²) in [6.45, 7) is 4.45. The third-order valence-electron chi connectivity index (χ3n) is 3.10. The molecule has 0 atom stereocenters. The maximum Gasteiger partial charge on any atom is 0.174 e. The number of hydrogen-bond acceptors (Lipinski definition) is 5. The average molecular weight is 325 g/mol. The molecule has 3 N–H and O–H groups in total. The molecule has 7 heteroatoms. The molecule has 112 valence electrons. The summed E-state index contributed by atoms with van der Waals surface area (Å²) in [5.74, 6) is 0.0612. The zero-order valence-electron chi connectivity index (χ0n) is 12.1. The van der Waals surface area contributed by atoms with Gasteiger partial charge in [-0.3, -0.25) is 4.98 Å². The van der Waals surface area contributed by atoms with Gasteiger partial charge in [-0.2, -0.15) is 0 Å². The lowest BCUT2D eigenvalue weighted by Gasteiger charge is -2.23. The molecule has 0 amide bonds. The van der Waals surface area contributed by atoms with Crippen molar-refractivity contribution in [2.45, 2.75) is 20.4 Å². The minimum atomic E-state index is 0.0612. The maximum absolute atomic E-state index is 8.98. The van der Waals surface area contributed by atoms with Gasteiger partial charge in [-0.25, -0.2) is 0 Å². The van der Waals surface area contributed by atoms with E-state index < -0.39 is 0 Å². The van der Waals surface area contributed by atoms with E-state index >= 15 is 0 Å². The Hall–Kier alpha value is -1.79. The van der Waals surface area contributed by atoms with E-state index in [0.717, 1.165) is 26.3 Å². The monoisotopic (exact) mass is 324 g/mol. The third kappa shape index (κ3) is 3.46. The fourth-order valence-corrected chi connectivity index (χ4v) is 3.37. The Kier molecular flexibility index (Phi) is 4.69. The van der Waals surface area contributed by atoms with Crippen LogP contribution in [0.25, 0.3) is 0 Å². The molecule has 0 saturated heterocycles. The molecule has 0 radical (unpaired) electrons. The van der Waals surface area contributed by atoms with E-state index in [-0.39, 0.29) is 5.84 Å². The second-order valence-electron chi connectivity index (χ2n) is 4.79. The second-order valence-corrected chi connectivity index (χ2v) is 6.59. The van der Waals surface area contributed by atoms with Crippen LogP contribution in [-0.2, 0) is 6.54 Å². The highest BCUT2D eigenvalue weighted by Crippen LogP contribution is 2.27. The average Bonchev–Trinajstić information content (AvgIpc) is 2.82. The van der Waals surface area contributed by atoms with Crippen molar-refractivity contribution in [2.24, 2.45) is 10.9 Å². The summed E-state index contributed by atoms with van der Waals surface area (Å²) in [5.41, 5.74) is 8.93. The van der Waals surface area contributed by atoms with Crippen LogP contribution in [0.15, 0.2) is 23.4 Å². The summed E-state index contributed by atoms with van der Waals surface area (Å²) >= 11 is 7.50. The summed E-state index contributed by atoms with van der Waals surface area (Å²) in [7, 11) is 1.95. The Bertz CT molecular complexity index is 684. The summed E-state index contributed by atoms with van der Waals surface area (Å²) in [5, 5.41) is 12.1. The van der Waals surface area contributed by atoms with Gasteiger partial charge in [0.1, 0.15) is 0 Å². The number of halogens is 1. The molecule has 0 aromatic carbocycles. The van der Waals surface area contributed by atoms with Gasteiger partial charge < -0.3 is 15.8 Å². The van der Waals surface area contributed by atoms with Gasteiger partial charge >= 0.3 is 0 Å². The van der Waals surface area contributed by atoms with Crippen LogP contribution in [-0.4, -0.2) is 23.1 Å². The van der Waals surface area contributed by atoms with Crippen molar-refractivity contribution in [3.05, 3.63) is 44.4 Å². The third-order valence-corrected chi connectivity index (χ3v) is 4.32. The van der Waals surface area contributed by atoms with E-state index in [1.165, 1.54) is 11.3 Å². The molecule has 5 nitrogen and oxygen atoms in total. The summed E-state index contributed by atoms with van der Waals surface area (Å²) in [4.78, 5) is 7.56. The predicted molar refractivity (Wildman–Crippen MR) is 87.7 cm³/mol. The molecule has 0 fully saturated rings. The Morgan fingerprint density at radius 2 is 2.19 bits per heavy atom. The smallest absolute Gasteiger partial charge is 0.174 e. The molecule has 0 unspecified atom stereocenters. The van der Waals surface area contributed by atoms with Gasteiger partial charge in [0.25, 0.3) is 0 Å². The number of aromatic nitrogens is 1. The number of hydrogen-bond donors (Lipinski definition) is 2. The Labute approximate surface area is 132 Å². The largest absolute Gasteiger partial charge is 0.409 e. The summed E-state index contributed by atoms with van der Waals surface area (Å²) in [6.07, 6.45) is 0. The van der Waals surface area contributed by atoms with Gasteiger partial charge in [0.15, 0.2) is 5.84 Å². The second kappa shape index (κ2) is 6.32. The van der Waals surface area contributed by atoms with Crippen molar-refractivity contribution in [1.29, 1.82) is 0 Å². The van der Waals surface area contributed by atoms with Crippen molar-refractivity contribution in [2.75, 3.05) is 11.9 Å². The van der Waals surface area contributed by atoms with Crippen molar-refractivity contribution >= 4 is 34.5 Å². The van der Waals surface area contributed by atoms with E-state index in [9.17, 15) is 0 Å². The molecule has 0 aliphatic rings. The number of nitrogens with zero attached hydrogens (tertiary/aromatic N) is 3. The van der Waals surface area contributed by atoms with Crippen molar-refractivity contribution in [3.8, 4) is 0 Å². The number of aryl methyl sites for hydroxylation is 2. The number of amidine groups is 1. The summed E-state index contributed by atoms with van der Waals surface area (Å²) < 4.78 is 0.761. The minimum absolute atomic E-state index is 0.0612. The molecule has 0 aliphatic heterocycles. The van der Waals surface area contributed by atoms with Crippen molar-refractivity contribution in [3.63, 3.8) is 0 Å². The molecule has 0 aliphatic carbocycles. The Morgan fingerprint density at radius 1 is 1.48 bits per heavy atom. The normalized spacial score (nSPS) is 11.7. The molecule has 0 spiro atoms. The lowest BCUT2D eigenvalue weighted by atomic mass is 10.1. The highest BCUT2D eigenvalue weighted by molar-refractivity contribution is 7.16. The molecule has 2 aromatic rings. The van der Waals surface area contributed by atoms with Crippen LogP contribution in [0.3, 0.4) is 0 Å². The van der Waals surface area contributed by atoms with Gasteiger partial charge in [0.05, 0.1) is 27.8 Å². The zero-order valence-corrected chi connectivity index (χ0v) is 13.7. The lowest BCUT2D eigenvalue weighted by Crippen LogP contribution is -2.24. The first-order valence-electron chi connectivity index (χ1n) is 6.34. The fraction of sp³-hybridized carbons (Fsp3) is 0.286. The molecule has 2 rings (SSSR count). The highest BCUT2D eigenvalue weighted by atomic mass is 35.5. The van der Waals surface area contributed by atoms with Gasteiger partial charge in [0, 0.05) is 17.6 Å². The van der Waals surface area contributed by atoms with Crippen LogP contribution < -0.4 is 10.6 Å². The zero-order chi connectivity index (χ0) is 15.6. The van der Waals surface area contributed by atoms with Crippen molar-refractivity contribution in [1.82, 2.24) is 4.98 Å². The minimum Gasteiger partial charge on any atom is -0.409 e. The van der Waals surface area contributed by atoms with Crippen LogP contribution in [0.5, 0.6) is 0 Å². The number of oxime groups is 1. The van der Waals surface area contributed by atoms with E-state index in [0.29, 0.717) is 12.1 Å². The lowest BCUT2D eigenvalue weighted by molar-refractivity contribution is 0.318. The topological polar surface area (TPSA) is 74.7 Å². The predicted octanol–water partition coefficient (Wildman–Crippen LogP) is 3.14. The number of thiophene rings is 1. The fourth-order valence-electron chi connectivity index (χ4n) is 2.23. The first kappa shape index (κ1) is 15.6. The van der Waals surface area contributed by atoms with Crippen LogP contribution >= 0.6 is 22.9 Å². The van der Waals surface area contributed by atoms with E-state index in [2.05, 4.69) is 10.1 Å². The van der Waals surface area contributed by atoms with Gasteiger partial charge in [0.2, 0.25) is 0 Å². The SMILES string of the molecule is Cc1cc(N(C)Cc2ccc(Cl)s2)c(/C(N)=N/O)c(C)n1. The van der Waals surface area contributed by atoms with Gasteiger partial charge in [-0.15, -0.1) is 11.3 Å². The number of pyridine rings is 1.